The Hall–Kier alpha value is -3.41. The molecule has 0 aromatic rings. The van der Waals surface area contributed by atoms with Gasteiger partial charge in [0.1, 0.15) is 13.2 Å². The number of unbranched alkanes of at least 4 members (excludes halogenated alkanes) is 23. The number of esters is 3. The zero-order chi connectivity index (χ0) is 47.2. The van der Waals surface area contributed by atoms with E-state index in [0.29, 0.717) is 19.3 Å². The van der Waals surface area contributed by atoms with E-state index in [1.165, 1.54) is 109 Å². The van der Waals surface area contributed by atoms with E-state index in [4.69, 9.17) is 14.2 Å². The first-order valence-electron chi connectivity index (χ1n) is 27.1. The largest absolute Gasteiger partial charge is 0.462 e. The van der Waals surface area contributed by atoms with Crippen LogP contribution in [0, 0.1) is 0 Å². The van der Waals surface area contributed by atoms with Crippen LogP contribution < -0.4 is 0 Å². The van der Waals surface area contributed by atoms with Gasteiger partial charge < -0.3 is 14.2 Å². The molecule has 0 heterocycles. The quantitative estimate of drug-likeness (QED) is 0.0262. The van der Waals surface area contributed by atoms with Crippen LogP contribution in [-0.4, -0.2) is 37.2 Å². The summed E-state index contributed by atoms with van der Waals surface area (Å²) in [5, 5.41) is 0. The minimum atomic E-state index is -0.807. The van der Waals surface area contributed by atoms with Crippen LogP contribution in [0.4, 0.5) is 0 Å². The first-order chi connectivity index (χ1) is 32.0. The van der Waals surface area contributed by atoms with Gasteiger partial charge in [0.2, 0.25) is 0 Å². The summed E-state index contributed by atoms with van der Waals surface area (Å²) in [7, 11) is 0. The molecule has 0 aliphatic heterocycles. The molecular formula is C59H100O6. The maximum absolute atomic E-state index is 12.8. The van der Waals surface area contributed by atoms with Crippen LogP contribution in [0.15, 0.2) is 85.1 Å². The number of rotatable bonds is 48. The highest BCUT2D eigenvalue weighted by Gasteiger charge is 2.19. The molecule has 0 radical (unpaired) electrons. The first-order valence-corrected chi connectivity index (χ1v) is 27.1. The second kappa shape index (κ2) is 53.2. The smallest absolute Gasteiger partial charge is 0.306 e. The highest BCUT2D eigenvalue weighted by molar-refractivity contribution is 5.71. The van der Waals surface area contributed by atoms with Gasteiger partial charge in [-0.2, -0.15) is 0 Å². The Morgan fingerprint density at radius 2 is 0.615 bits per heavy atom. The van der Waals surface area contributed by atoms with Gasteiger partial charge in [0.15, 0.2) is 6.10 Å². The van der Waals surface area contributed by atoms with Crippen molar-refractivity contribution < 1.29 is 28.6 Å². The molecule has 0 aromatic heterocycles. The van der Waals surface area contributed by atoms with E-state index >= 15 is 0 Å². The Morgan fingerprint density at radius 3 is 1.02 bits per heavy atom. The van der Waals surface area contributed by atoms with Gasteiger partial charge in [0, 0.05) is 19.3 Å². The van der Waals surface area contributed by atoms with Gasteiger partial charge in [-0.1, -0.05) is 209 Å². The minimum absolute atomic E-state index is 0.102. The Labute approximate surface area is 401 Å². The third-order valence-corrected chi connectivity index (χ3v) is 11.4. The lowest BCUT2D eigenvalue weighted by molar-refractivity contribution is -0.167. The molecule has 0 rings (SSSR count). The lowest BCUT2D eigenvalue weighted by Crippen LogP contribution is -2.30. The summed E-state index contributed by atoms with van der Waals surface area (Å²) >= 11 is 0. The summed E-state index contributed by atoms with van der Waals surface area (Å²) in [4.78, 5) is 38.0. The van der Waals surface area contributed by atoms with Crippen LogP contribution in [0.2, 0.25) is 0 Å². The molecule has 0 aromatic carbocycles. The average Bonchev–Trinajstić information content (AvgIpc) is 3.30. The van der Waals surface area contributed by atoms with Gasteiger partial charge in [-0.15, -0.1) is 0 Å². The fourth-order valence-corrected chi connectivity index (χ4v) is 7.29. The van der Waals surface area contributed by atoms with Crippen LogP contribution in [0.1, 0.15) is 252 Å². The summed E-state index contributed by atoms with van der Waals surface area (Å²) < 4.78 is 16.8. The van der Waals surface area contributed by atoms with E-state index in [9.17, 15) is 14.4 Å². The minimum Gasteiger partial charge on any atom is -0.462 e. The van der Waals surface area contributed by atoms with E-state index < -0.39 is 6.10 Å². The summed E-state index contributed by atoms with van der Waals surface area (Å²) in [5.74, 6) is -0.977. The zero-order valence-corrected chi connectivity index (χ0v) is 42.5. The van der Waals surface area contributed by atoms with Gasteiger partial charge in [-0.05, 0) is 109 Å². The highest BCUT2D eigenvalue weighted by atomic mass is 16.6. The molecule has 0 unspecified atom stereocenters. The van der Waals surface area contributed by atoms with Crippen molar-refractivity contribution in [2.75, 3.05) is 13.2 Å². The number of hydrogen-bond donors (Lipinski definition) is 0. The summed E-state index contributed by atoms with van der Waals surface area (Å²) in [6.07, 6.45) is 68.6. The fraction of sp³-hybridized carbons (Fsp3) is 0.712. The summed E-state index contributed by atoms with van der Waals surface area (Å²) in [6, 6.07) is 0. The average molecular weight is 905 g/mol. The van der Waals surface area contributed by atoms with Gasteiger partial charge in [0.05, 0.1) is 0 Å². The molecule has 0 N–H and O–H groups in total. The van der Waals surface area contributed by atoms with Crippen molar-refractivity contribution in [3.63, 3.8) is 0 Å². The van der Waals surface area contributed by atoms with Crippen molar-refractivity contribution in [1.29, 1.82) is 0 Å². The van der Waals surface area contributed by atoms with Crippen molar-refractivity contribution in [2.45, 2.75) is 258 Å². The Bertz CT molecular complexity index is 1270. The van der Waals surface area contributed by atoms with Crippen LogP contribution in [0.5, 0.6) is 0 Å². The number of allylic oxidation sites excluding steroid dienone is 14. The molecule has 0 aliphatic rings. The van der Waals surface area contributed by atoms with E-state index in [0.717, 1.165) is 96.3 Å². The lowest BCUT2D eigenvalue weighted by atomic mass is 10.1. The summed E-state index contributed by atoms with van der Waals surface area (Å²) in [6.45, 7) is 6.45. The molecule has 1 atom stereocenters. The van der Waals surface area contributed by atoms with E-state index in [-0.39, 0.29) is 37.5 Å². The molecule has 0 bridgehead atoms. The van der Waals surface area contributed by atoms with Gasteiger partial charge in [0.25, 0.3) is 0 Å². The Kier molecular flexibility index (Phi) is 50.4. The monoisotopic (exact) mass is 905 g/mol. The molecule has 372 valence electrons. The standard InChI is InChI=1S/C59H100O6/c1-4-7-10-13-16-19-22-25-28-29-32-34-37-40-43-46-49-52-58(61)64-55-56(65-59(62)53-50-47-44-41-38-35-31-27-24-21-18-15-12-9-6-3)54-63-57(60)51-48-45-42-39-36-33-30-26-23-20-17-14-11-8-5-2/h7,10,16,19,25-28,30-32,34,40,43,56H,4-6,8-9,11-15,17-18,20-24,29,33,35-39,41-42,44-55H2,1-3H3/t56-/m1/s1. The molecular weight excluding hydrogens is 805 g/mol. The molecule has 6 heteroatoms. The zero-order valence-electron chi connectivity index (χ0n) is 42.5. The third-order valence-electron chi connectivity index (χ3n) is 11.4. The Morgan fingerprint density at radius 1 is 0.323 bits per heavy atom. The van der Waals surface area contributed by atoms with Crippen LogP contribution >= 0.6 is 0 Å². The molecule has 0 fully saturated rings. The Balaban J connectivity index is 4.50. The van der Waals surface area contributed by atoms with Crippen LogP contribution in [-0.2, 0) is 28.6 Å². The molecule has 0 saturated heterocycles. The van der Waals surface area contributed by atoms with Gasteiger partial charge >= 0.3 is 17.9 Å². The number of carbonyl (C=O) groups is 3. The number of ether oxygens (including phenoxy) is 3. The second-order valence-corrected chi connectivity index (χ2v) is 17.7. The van der Waals surface area contributed by atoms with Crippen molar-refractivity contribution in [2.24, 2.45) is 0 Å². The molecule has 6 nitrogen and oxygen atoms in total. The maximum atomic E-state index is 12.8. The predicted molar refractivity (Wildman–Crippen MR) is 279 cm³/mol. The third kappa shape index (κ3) is 51.4. The van der Waals surface area contributed by atoms with E-state index in [2.05, 4.69) is 106 Å². The highest BCUT2D eigenvalue weighted by Crippen LogP contribution is 2.14. The lowest BCUT2D eigenvalue weighted by Gasteiger charge is -2.18. The SMILES string of the molecule is CCC=CCC=CCC=CCC=CCC=CCCCC(=O)OC[C@@H](COC(=O)CCCCCCCC=CCCCCCCCC)OC(=O)CCCCCCCC=CCCCCCCCC. The van der Waals surface area contributed by atoms with E-state index in [1.807, 2.05) is 0 Å². The second-order valence-electron chi connectivity index (χ2n) is 17.7. The number of carbonyl (C=O) groups excluding carboxylic acids is 3. The first kappa shape index (κ1) is 61.6. The van der Waals surface area contributed by atoms with E-state index in [1.54, 1.807) is 0 Å². The van der Waals surface area contributed by atoms with Crippen molar-refractivity contribution in [3.8, 4) is 0 Å². The normalized spacial score (nSPS) is 12.7. The van der Waals surface area contributed by atoms with Crippen molar-refractivity contribution in [1.82, 2.24) is 0 Å². The topological polar surface area (TPSA) is 78.9 Å². The molecule has 0 aliphatic carbocycles. The van der Waals surface area contributed by atoms with Gasteiger partial charge in [-0.3, -0.25) is 14.4 Å². The fourth-order valence-electron chi connectivity index (χ4n) is 7.29. The number of hydrogen-bond acceptors (Lipinski definition) is 6. The van der Waals surface area contributed by atoms with Crippen LogP contribution in [0.3, 0.4) is 0 Å². The molecule has 0 saturated carbocycles. The van der Waals surface area contributed by atoms with Crippen molar-refractivity contribution >= 4 is 17.9 Å². The maximum Gasteiger partial charge on any atom is 0.306 e. The molecule has 0 spiro atoms. The predicted octanol–water partition coefficient (Wildman–Crippen LogP) is 18.0. The summed E-state index contributed by atoms with van der Waals surface area (Å²) in [5.41, 5.74) is 0. The molecule has 0 amide bonds. The van der Waals surface area contributed by atoms with Crippen molar-refractivity contribution in [3.05, 3.63) is 85.1 Å². The van der Waals surface area contributed by atoms with Crippen LogP contribution in [0.25, 0.3) is 0 Å². The molecule has 65 heavy (non-hydrogen) atoms. The van der Waals surface area contributed by atoms with Gasteiger partial charge in [-0.25, -0.2) is 0 Å².